The van der Waals surface area contributed by atoms with Gasteiger partial charge in [-0.05, 0) is 18.1 Å². The molecule has 3 rings (SSSR count). The molecule has 10 nitrogen and oxygen atoms in total. The minimum absolute atomic E-state index is 0.211. The SMILES string of the molecule is Cc1cc(O)c(C(=O)C[n+]2ccc(-c3ncccn3)cn2)c(=O)o1.O=C([O-])C(F)(F)F. The van der Waals surface area contributed by atoms with Crippen LogP contribution in [0.15, 0.2) is 52.2 Å². The van der Waals surface area contributed by atoms with Crippen molar-refractivity contribution in [1.82, 2.24) is 15.1 Å². The van der Waals surface area contributed by atoms with Gasteiger partial charge in [0.05, 0.1) is 0 Å². The average Bonchev–Trinajstić information content (AvgIpc) is 2.68. The fourth-order valence-electron chi connectivity index (χ4n) is 2.14. The third kappa shape index (κ3) is 6.42. The Balaban J connectivity index is 0.000000423. The van der Waals surface area contributed by atoms with Crippen molar-refractivity contribution in [3.8, 4) is 17.1 Å². The van der Waals surface area contributed by atoms with E-state index in [0.717, 1.165) is 0 Å². The first-order valence-electron chi connectivity index (χ1n) is 8.27. The third-order valence-electron chi connectivity index (χ3n) is 3.47. The summed E-state index contributed by atoms with van der Waals surface area (Å²) in [4.78, 5) is 40.9. The van der Waals surface area contributed by atoms with Crippen molar-refractivity contribution in [1.29, 1.82) is 0 Å². The van der Waals surface area contributed by atoms with Crippen LogP contribution in [-0.2, 0) is 11.3 Å². The molecule has 0 aliphatic rings. The maximum Gasteiger partial charge on any atom is 0.430 e. The molecule has 3 heterocycles. The van der Waals surface area contributed by atoms with Crippen molar-refractivity contribution in [3.05, 3.63) is 64.7 Å². The van der Waals surface area contributed by atoms with Crippen LogP contribution in [0.2, 0.25) is 0 Å². The van der Waals surface area contributed by atoms with Gasteiger partial charge in [-0.1, -0.05) is 4.68 Å². The van der Waals surface area contributed by atoms with Crippen molar-refractivity contribution in [2.45, 2.75) is 19.6 Å². The van der Waals surface area contributed by atoms with Gasteiger partial charge >= 0.3 is 11.8 Å². The van der Waals surface area contributed by atoms with Gasteiger partial charge in [-0.2, -0.15) is 13.2 Å². The van der Waals surface area contributed by atoms with E-state index in [4.69, 9.17) is 14.3 Å². The van der Waals surface area contributed by atoms with Gasteiger partial charge in [-0.3, -0.25) is 4.79 Å². The molecule has 0 fully saturated rings. The van der Waals surface area contributed by atoms with Crippen LogP contribution in [0.1, 0.15) is 16.1 Å². The number of nitrogens with zero attached hydrogens (tertiary/aromatic N) is 4. The zero-order chi connectivity index (χ0) is 23.2. The van der Waals surface area contributed by atoms with Crippen LogP contribution in [0.4, 0.5) is 13.2 Å². The van der Waals surface area contributed by atoms with Crippen LogP contribution >= 0.6 is 0 Å². The summed E-state index contributed by atoms with van der Waals surface area (Å²) in [6, 6.07) is 4.63. The minimum Gasteiger partial charge on any atom is -0.542 e. The predicted octanol–water partition coefficient (Wildman–Crippen LogP) is -0.0252. The van der Waals surface area contributed by atoms with E-state index in [1.54, 1.807) is 30.7 Å². The lowest BCUT2D eigenvalue weighted by atomic mass is 10.1. The molecule has 0 radical (unpaired) electrons. The predicted molar refractivity (Wildman–Crippen MR) is 92.2 cm³/mol. The maximum absolute atomic E-state index is 12.2. The van der Waals surface area contributed by atoms with Gasteiger partial charge in [0.15, 0.2) is 17.6 Å². The zero-order valence-corrected chi connectivity index (χ0v) is 15.7. The number of carboxylic acid groups (broad SMARTS) is 1. The lowest BCUT2D eigenvalue weighted by Crippen LogP contribution is -2.42. The lowest BCUT2D eigenvalue weighted by molar-refractivity contribution is -0.741. The van der Waals surface area contributed by atoms with E-state index in [2.05, 4.69) is 15.1 Å². The Hall–Kier alpha value is -4.16. The minimum atomic E-state index is -5.19. The van der Waals surface area contributed by atoms with Gasteiger partial charge in [-0.25, -0.2) is 14.8 Å². The summed E-state index contributed by atoms with van der Waals surface area (Å²) < 4.78 is 37.7. The van der Waals surface area contributed by atoms with Gasteiger partial charge in [0.25, 0.3) is 0 Å². The van der Waals surface area contributed by atoms with Gasteiger partial charge < -0.3 is 19.4 Å². The number of halogens is 3. The van der Waals surface area contributed by atoms with E-state index in [1.165, 1.54) is 23.9 Å². The summed E-state index contributed by atoms with van der Waals surface area (Å²) in [6.45, 7) is 1.30. The van der Waals surface area contributed by atoms with Gasteiger partial charge in [0.2, 0.25) is 12.3 Å². The summed E-state index contributed by atoms with van der Waals surface area (Å²) in [7, 11) is 0. The number of carboxylic acids is 1. The number of aromatic hydroxyl groups is 1. The first-order valence-corrected chi connectivity index (χ1v) is 8.27. The number of aliphatic carboxylic acids is 1. The molecule has 0 spiro atoms. The van der Waals surface area contributed by atoms with Crippen molar-refractivity contribution in [2.24, 2.45) is 0 Å². The van der Waals surface area contributed by atoms with Crippen LogP contribution < -0.4 is 15.4 Å². The summed E-state index contributed by atoms with van der Waals surface area (Å²) in [5, 5.41) is 22.7. The maximum atomic E-state index is 12.2. The van der Waals surface area contributed by atoms with E-state index < -0.39 is 29.3 Å². The van der Waals surface area contributed by atoms with Crippen LogP contribution in [-0.4, -0.2) is 38.1 Å². The second-order valence-corrected chi connectivity index (χ2v) is 5.80. The zero-order valence-electron chi connectivity index (χ0n) is 15.7. The van der Waals surface area contributed by atoms with Crippen molar-refractivity contribution in [2.75, 3.05) is 0 Å². The lowest BCUT2D eigenvalue weighted by Gasteiger charge is -2.03. The van der Waals surface area contributed by atoms with Gasteiger partial charge in [0.1, 0.15) is 23.7 Å². The number of carbonyl (C=O) groups excluding carboxylic acids is 2. The molecule has 0 bridgehead atoms. The van der Waals surface area contributed by atoms with Crippen LogP contribution in [0.5, 0.6) is 5.75 Å². The molecule has 0 aliphatic carbocycles. The second-order valence-electron chi connectivity index (χ2n) is 5.80. The Morgan fingerprint density at radius 3 is 2.35 bits per heavy atom. The molecule has 0 atom stereocenters. The number of hydrogen-bond donors (Lipinski definition) is 1. The summed E-state index contributed by atoms with van der Waals surface area (Å²) in [5.41, 5.74) is -0.560. The Bertz CT molecular complexity index is 1130. The van der Waals surface area contributed by atoms with Crippen LogP contribution in [0, 0.1) is 6.92 Å². The van der Waals surface area contributed by atoms with Crippen LogP contribution in [0.25, 0.3) is 11.4 Å². The molecule has 3 aromatic heterocycles. The first-order chi connectivity index (χ1) is 14.5. The standard InChI is InChI=1S/C16H12N4O4.C2HF3O2/c1-10-7-12(21)14(16(23)24-10)13(22)9-20-6-3-11(8-19-20)15-17-4-2-5-18-15;3-2(4,5)1(6)7/h2-8H,9H2,1H3;(H,6,7). The van der Waals surface area contributed by atoms with E-state index in [1.807, 2.05) is 0 Å². The number of carbonyl (C=O) groups is 2. The number of alkyl halides is 3. The molecule has 31 heavy (non-hydrogen) atoms. The average molecular weight is 438 g/mol. The van der Waals surface area contributed by atoms with E-state index >= 15 is 0 Å². The molecule has 0 aliphatic heterocycles. The highest BCUT2D eigenvalue weighted by Crippen LogP contribution is 2.15. The number of aryl methyl sites for hydroxylation is 1. The number of ketones is 1. The highest BCUT2D eigenvalue weighted by molar-refractivity contribution is 5.97. The van der Waals surface area contributed by atoms with E-state index in [9.17, 15) is 27.9 Å². The number of Topliss-reactive ketones (excluding diaryl/α,β-unsaturated/α-hetero) is 1. The Morgan fingerprint density at radius 2 is 1.87 bits per heavy atom. The molecule has 0 unspecified atom stereocenters. The van der Waals surface area contributed by atoms with Crippen LogP contribution in [0.3, 0.4) is 0 Å². The highest BCUT2D eigenvalue weighted by atomic mass is 19.4. The molecule has 0 amide bonds. The van der Waals surface area contributed by atoms with Crippen molar-refractivity contribution < 1.29 is 42.1 Å². The molecule has 3 aromatic rings. The summed E-state index contributed by atoms with van der Waals surface area (Å²) in [5.74, 6) is -3.26. The fourth-order valence-corrected chi connectivity index (χ4v) is 2.14. The third-order valence-corrected chi connectivity index (χ3v) is 3.47. The molecule has 0 saturated carbocycles. The Morgan fingerprint density at radius 1 is 1.26 bits per heavy atom. The van der Waals surface area contributed by atoms with E-state index in [-0.39, 0.29) is 17.9 Å². The molecular formula is C18H13F3N4O6. The van der Waals surface area contributed by atoms with Crippen molar-refractivity contribution >= 4 is 11.8 Å². The number of aromatic nitrogens is 4. The van der Waals surface area contributed by atoms with E-state index in [0.29, 0.717) is 11.4 Å². The molecular weight excluding hydrogens is 425 g/mol. The molecule has 1 N–H and O–H groups in total. The first kappa shape index (κ1) is 23.1. The molecule has 162 valence electrons. The molecule has 0 saturated heterocycles. The normalized spacial score (nSPS) is 10.7. The van der Waals surface area contributed by atoms with Crippen molar-refractivity contribution in [3.63, 3.8) is 0 Å². The largest absolute Gasteiger partial charge is 0.542 e. The van der Waals surface area contributed by atoms with Gasteiger partial charge in [-0.15, -0.1) is 0 Å². The smallest absolute Gasteiger partial charge is 0.430 e. The molecule has 0 aromatic carbocycles. The number of rotatable bonds is 4. The highest BCUT2D eigenvalue weighted by Gasteiger charge is 2.28. The number of hydrogen-bond acceptors (Lipinski definition) is 9. The molecule has 13 heteroatoms. The Kier molecular flexibility index (Phi) is 7.13. The fraction of sp³-hybridized carbons (Fsp3) is 0.167. The topological polar surface area (TPSA) is 150 Å². The quantitative estimate of drug-likeness (QED) is 0.438. The summed E-state index contributed by atoms with van der Waals surface area (Å²) >= 11 is 0. The van der Waals surface area contributed by atoms with Gasteiger partial charge in [0, 0.05) is 30.1 Å². The summed E-state index contributed by atoms with van der Waals surface area (Å²) in [6.07, 6.45) is 1.12. The Labute approximate surface area is 171 Å². The second kappa shape index (κ2) is 9.56. The monoisotopic (exact) mass is 438 g/mol.